The lowest BCUT2D eigenvalue weighted by Gasteiger charge is -2.10. The van der Waals surface area contributed by atoms with Crippen molar-refractivity contribution in [1.82, 2.24) is 0 Å². The van der Waals surface area contributed by atoms with Gasteiger partial charge in [-0.2, -0.15) is 0 Å². The third-order valence-corrected chi connectivity index (χ3v) is 2.62. The van der Waals surface area contributed by atoms with Gasteiger partial charge in [-0.25, -0.2) is 0 Å². The molecule has 1 rings (SSSR count). The number of nitrogens with one attached hydrogen (secondary N) is 1. The van der Waals surface area contributed by atoms with Crippen LogP contribution in [0.2, 0.25) is 0 Å². The standard InChI is InChI=1S/C10H12BrClN2/c1-6-3-10(14-5-7(2)12)8(11)4-9(6)13/h3-4,14H,2,5,13H2,1H3. The number of benzene rings is 1. The molecule has 0 saturated carbocycles. The highest BCUT2D eigenvalue weighted by atomic mass is 79.9. The Bertz CT molecular complexity index is 363. The quantitative estimate of drug-likeness (QED) is 0.829. The monoisotopic (exact) mass is 274 g/mol. The van der Waals surface area contributed by atoms with Gasteiger partial charge < -0.3 is 11.1 Å². The number of aryl methyl sites for hydroxylation is 1. The molecule has 0 heterocycles. The molecule has 14 heavy (non-hydrogen) atoms. The zero-order valence-electron chi connectivity index (χ0n) is 7.90. The van der Waals surface area contributed by atoms with E-state index in [1.165, 1.54) is 0 Å². The first-order valence-electron chi connectivity index (χ1n) is 4.13. The second-order valence-electron chi connectivity index (χ2n) is 3.06. The molecule has 0 amide bonds. The Kier molecular flexibility index (Phi) is 3.84. The van der Waals surface area contributed by atoms with E-state index < -0.39 is 0 Å². The predicted molar refractivity (Wildman–Crippen MR) is 66.8 cm³/mol. The molecule has 0 spiro atoms. The fraction of sp³-hybridized carbons (Fsp3) is 0.200. The van der Waals surface area contributed by atoms with Crippen LogP contribution in [0, 0.1) is 6.92 Å². The highest BCUT2D eigenvalue weighted by Crippen LogP contribution is 2.27. The summed E-state index contributed by atoms with van der Waals surface area (Å²) in [5, 5.41) is 3.72. The molecular weight excluding hydrogens is 263 g/mol. The van der Waals surface area contributed by atoms with Crippen LogP contribution in [-0.4, -0.2) is 6.54 Å². The first kappa shape index (κ1) is 11.4. The molecule has 1 aromatic carbocycles. The van der Waals surface area contributed by atoms with Gasteiger partial charge in [0.2, 0.25) is 0 Å². The molecular formula is C10H12BrClN2. The topological polar surface area (TPSA) is 38.0 Å². The van der Waals surface area contributed by atoms with Crippen molar-refractivity contribution >= 4 is 38.9 Å². The van der Waals surface area contributed by atoms with Crippen LogP contribution < -0.4 is 11.1 Å². The van der Waals surface area contributed by atoms with Crippen LogP contribution in [0.15, 0.2) is 28.2 Å². The van der Waals surface area contributed by atoms with Crippen molar-refractivity contribution in [1.29, 1.82) is 0 Å². The summed E-state index contributed by atoms with van der Waals surface area (Å²) >= 11 is 9.07. The van der Waals surface area contributed by atoms with Gasteiger partial charge in [0.15, 0.2) is 0 Å². The summed E-state index contributed by atoms with van der Waals surface area (Å²) in [4.78, 5) is 0. The molecule has 0 aliphatic carbocycles. The van der Waals surface area contributed by atoms with Crippen molar-refractivity contribution in [3.8, 4) is 0 Å². The van der Waals surface area contributed by atoms with Crippen molar-refractivity contribution in [2.24, 2.45) is 0 Å². The molecule has 0 radical (unpaired) electrons. The van der Waals surface area contributed by atoms with Crippen molar-refractivity contribution in [3.05, 3.63) is 33.8 Å². The van der Waals surface area contributed by atoms with E-state index in [-0.39, 0.29) is 0 Å². The number of anilines is 2. The summed E-state index contributed by atoms with van der Waals surface area (Å²) in [5.41, 5.74) is 8.52. The van der Waals surface area contributed by atoms with E-state index in [9.17, 15) is 0 Å². The van der Waals surface area contributed by atoms with E-state index >= 15 is 0 Å². The summed E-state index contributed by atoms with van der Waals surface area (Å²) in [6.07, 6.45) is 0. The minimum absolute atomic E-state index is 0.545. The molecule has 0 fully saturated rings. The Morgan fingerprint density at radius 1 is 1.64 bits per heavy atom. The second-order valence-corrected chi connectivity index (χ2v) is 4.45. The van der Waals surface area contributed by atoms with E-state index in [1.807, 2.05) is 19.1 Å². The van der Waals surface area contributed by atoms with Gasteiger partial charge in [0.25, 0.3) is 0 Å². The molecule has 2 nitrogen and oxygen atoms in total. The normalized spacial score (nSPS) is 9.93. The highest BCUT2D eigenvalue weighted by Gasteiger charge is 2.02. The molecule has 0 unspecified atom stereocenters. The Morgan fingerprint density at radius 3 is 2.86 bits per heavy atom. The molecule has 3 N–H and O–H groups in total. The maximum atomic E-state index is 5.74. The number of nitrogens with two attached hydrogens (primary N) is 1. The largest absolute Gasteiger partial charge is 0.398 e. The van der Waals surface area contributed by atoms with Gasteiger partial charge in [0, 0.05) is 20.9 Å². The molecule has 0 aromatic heterocycles. The zero-order valence-corrected chi connectivity index (χ0v) is 10.2. The lowest BCUT2D eigenvalue weighted by Crippen LogP contribution is -2.02. The summed E-state index contributed by atoms with van der Waals surface area (Å²) < 4.78 is 0.929. The summed E-state index contributed by atoms with van der Waals surface area (Å²) in [7, 11) is 0. The molecule has 0 saturated heterocycles. The van der Waals surface area contributed by atoms with Crippen LogP contribution in [0.5, 0.6) is 0 Å². The molecule has 1 aromatic rings. The van der Waals surface area contributed by atoms with E-state index in [0.29, 0.717) is 11.6 Å². The Morgan fingerprint density at radius 2 is 2.29 bits per heavy atom. The van der Waals surface area contributed by atoms with Crippen molar-refractivity contribution in [2.45, 2.75) is 6.92 Å². The van der Waals surface area contributed by atoms with Gasteiger partial charge in [-0.3, -0.25) is 0 Å². The molecule has 0 aliphatic rings. The average molecular weight is 276 g/mol. The Labute approximate surface area is 97.3 Å². The summed E-state index contributed by atoms with van der Waals surface area (Å²) in [6.45, 7) is 6.11. The molecule has 76 valence electrons. The van der Waals surface area contributed by atoms with Crippen molar-refractivity contribution in [2.75, 3.05) is 17.6 Å². The van der Waals surface area contributed by atoms with Gasteiger partial charge in [0.05, 0.1) is 6.54 Å². The molecule has 0 atom stereocenters. The number of rotatable bonds is 3. The SMILES string of the molecule is C=C(Cl)CNc1cc(C)c(N)cc1Br. The Hall–Kier alpha value is -0.670. The van der Waals surface area contributed by atoms with Gasteiger partial charge in [0.1, 0.15) is 0 Å². The number of hydrogen-bond acceptors (Lipinski definition) is 2. The van der Waals surface area contributed by atoms with Gasteiger partial charge in [-0.1, -0.05) is 18.2 Å². The van der Waals surface area contributed by atoms with Gasteiger partial charge in [-0.15, -0.1) is 0 Å². The first-order valence-corrected chi connectivity index (χ1v) is 5.30. The molecule has 4 heteroatoms. The fourth-order valence-electron chi connectivity index (χ4n) is 1.02. The number of halogens is 2. The third-order valence-electron chi connectivity index (χ3n) is 1.83. The van der Waals surface area contributed by atoms with Crippen LogP contribution in [0.25, 0.3) is 0 Å². The smallest absolute Gasteiger partial charge is 0.0502 e. The Balaban J connectivity index is 2.87. The van der Waals surface area contributed by atoms with Crippen molar-refractivity contribution in [3.63, 3.8) is 0 Å². The third kappa shape index (κ3) is 2.93. The van der Waals surface area contributed by atoms with Crippen LogP contribution in [0.1, 0.15) is 5.56 Å². The van der Waals surface area contributed by atoms with Crippen LogP contribution in [-0.2, 0) is 0 Å². The summed E-state index contributed by atoms with van der Waals surface area (Å²) in [5.74, 6) is 0. The predicted octanol–water partition coefficient (Wildman–Crippen LogP) is 3.50. The van der Waals surface area contributed by atoms with Crippen LogP contribution >= 0.6 is 27.5 Å². The van der Waals surface area contributed by atoms with E-state index in [1.54, 1.807) is 0 Å². The highest BCUT2D eigenvalue weighted by molar-refractivity contribution is 9.10. The number of nitrogen functional groups attached to an aromatic ring is 1. The first-order chi connectivity index (χ1) is 6.50. The maximum absolute atomic E-state index is 5.74. The lowest BCUT2D eigenvalue weighted by atomic mass is 10.2. The lowest BCUT2D eigenvalue weighted by molar-refractivity contribution is 1.30. The molecule has 0 aliphatic heterocycles. The minimum atomic E-state index is 0.545. The van der Waals surface area contributed by atoms with E-state index in [0.717, 1.165) is 21.4 Å². The molecule has 0 bridgehead atoms. The zero-order chi connectivity index (χ0) is 10.7. The van der Waals surface area contributed by atoms with Crippen LogP contribution in [0.3, 0.4) is 0 Å². The average Bonchev–Trinajstić information content (AvgIpc) is 2.09. The van der Waals surface area contributed by atoms with Crippen LogP contribution in [0.4, 0.5) is 11.4 Å². The maximum Gasteiger partial charge on any atom is 0.0502 e. The minimum Gasteiger partial charge on any atom is -0.398 e. The number of hydrogen-bond donors (Lipinski definition) is 2. The van der Waals surface area contributed by atoms with E-state index in [4.69, 9.17) is 17.3 Å². The van der Waals surface area contributed by atoms with Gasteiger partial charge >= 0.3 is 0 Å². The second kappa shape index (κ2) is 4.71. The van der Waals surface area contributed by atoms with E-state index in [2.05, 4.69) is 27.8 Å². The van der Waals surface area contributed by atoms with Crippen molar-refractivity contribution < 1.29 is 0 Å². The van der Waals surface area contributed by atoms with Gasteiger partial charge in [-0.05, 0) is 40.5 Å². The fourth-order valence-corrected chi connectivity index (χ4v) is 1.59. The summed E-state index contributed by atoms with van der Waals surface area (Å²) in [6, 6.07) is 3.84.